The first-order valence-electron chi connectivity index (χ1n) is 6.71. The van der Waals surface area contributed by atoms with Crippen LogP contribution < -0.4 is 5.73 Å². The van der Waals surface area contributed by atoms with E-state index in [0.717, 1.165) is 24.2 Å². The van der Waals surface area contributed by atoms with Gasteiger partial charge in [0.2, 0.25) is 0 Å². The van der Waals surface area contributed by atoms with Crippen LogP contribution in [0.2, 0.25) is 0 Å². The Labute approximate surface area is 123 Å². The molecule has 0 aliphatic carbocycles. The lowest BCUT2D eigenvalue weighted by Gasteiger charge is -2.17. The second kappa shape index (κ2) is 7.35. The number of nitrogens with two attached hydrogens (primary N) is 1. The number of nitrogens with zero attached hydrogens (tertiary/aromatic N) is 4. The minimum atomic E-state index is 0.0312. The Kier molecular flexibility index (Phi) is 5.22. The number of pyridine rings is 2. The predicted molar refractivity (Wildman–Crippen MR) is 81.0 cm³/mol. The molecule has 0 saturated heterocycles. The molecule has 0 unspecified atom stereocenters. The topological polar surface area (TPSA) is 87.6 Å². The van der Waals surface area contributed by atoms with Gasteiger partial charge in [0.05, 0.1) is 0 Å². The lowest BCUT2D eigenvalue weighted by molar-refractivity contribution is 0.317. The SMILES string of the molecule is CN(CCc1ccccn1)Cc1cccnc1C(N)=NO. The molecule has 21 heavy (non-hydrogen) atoms. The second-order valence-electron chi connectivity index (χ2n) is 4.81. The molecule has 3 N–H and O–H groups in total. The van der Waals surface area contributed by atoms with Crippen LogP contribution in [0.4, 0.5) is 0 Å². The molecule has 2 rings (SSSR count). The zero-order chi connectivity index (χ0) is 15.1. The number of hydrogen-bond donors (Lipinski definition) is 2. The summed E-state index contributed by atoms with van der Waals surface area (Å²) in [7, 11) is 2.02. The highest BCUT2D eigenvalue weighted by molar-refractivity contribution is 5.96. The molecule has 2 heterocycles. The van der Waals surface area contributed by atoms with Crippen molar-refractivity contribution in [3.05, 3.63) is 59.7 Å². The van der Waals surface area contributed by atoms with Gasteiger partial charge < -0.3 is 15.8 Å². The smallest absolute Gasteiger partial charge is 0.189 e. The van der Waals surface area contributed by atoms with Crippen LogP contribution in [-0.2, 0) is 13.0 Å². The quantitative estimate of drug-likeness (QED) is 0.361. The summed E-state index contributed by atoms with van der Waals surface area (Å²) >= 11 is 0. The molecular formula is C15H19N5O. The van der Waals surface area contributed by atoms with E-state index in [4.69, 9.17) is 10.9 Å². The fourth-order valence-electron chi connectivity index (χ4n) is 2.07. The van der Waals surface area contributed by atoms with Gasteiger partial charge in [-0.3, -0.25) is 9.97 Å². The third-order valence-electron chi connectivity index (χ3n) is 3.16. The van der Waals surface area contributed by atoms with E-state index in [1.54, 1.807) is 12.4 Å². The van der Waals surface area contributed by atoms with Crippen molar-refractivity contribution in [2.45, 2.75) is 13.0 Å². The molecule has 110 valence electrons. The summed E-state index contributed by atoms with van der Waals surface area (Å²) in [6.45, 7) is 1.54. The molecule has 0 amide bonds. The van der Waals surface area contributed by atoms with Gasteiger partial charge in [-0.25, -0.2) is 0 Å². The van der Waals surface area contributed by atoms with Crippen molar-refractivity contribution in [2.24, 2.45) is 10.9 Å². The molecule has 2 aromatic heterocycles. The molecule has 0 fully saturated rings. The van der Waals surface area contributed by atoms with Crippen molar-refractivity contribution in [3.8, 4) is 0 Å². The van der Waals surface area contributed by atoms with Gasteiger partial charge in [-0.05, 0) is 30.8 Å². The van der Waals surface area contributed by atoms with Crippen molar-refractivity contribution in [1.29, 1.82) is 0 Å². The van der Waals surface area contributed by atoms with Gasteiger partial charge in [0.15, 0.2) is 5.84 Å². The van der Waals surface area contributed by atoms with E-state index >= 15 is 0 Å². The zero-order valence-corrected chi connectivity index (χ0v) is 12.0. The summed E-state index contributed by atoms with van der Waals surface area (Å²) in [5.74, 6) is 0.0312. The van der Waals surface area contributed by atoms with Crippen LogP contribution >= 0.6 is 0 Å². The van der Waals surface area contributed by atoms with E-state index in [0.29, 0.717) is 12.2 Å². The maximum absolute atomic E-state index is 8.80. The monoisotopic (exact) mass is 285 g/mol. The Balaban J connectivity index is 1.98. The molecule has 6 heteroatoms. The molecule has 0 radical (unpaired) electrons. The van der Waals surface area contributed by atoms with Crippen LogP contribution in [0, 0.1) is 0 Å². The fourth-order valence-corrected chi connectivity index (χ4v) is 2.07. The summed E-state index contributed by atoms with van der Waals surface area (Å²) < 4.78 is 0. The molecule has 0 bridgehead atoms. The van der Waals surface area contributed by atoms with Gasteiger partial charge >= 0.3 is 0 Å². The molecular weight excluding hydrogens is 266 g/mol. The van der Waals surface area contributed by atoms with Crippen molar-refractivity contribution in [1.82, 2.24) is 14.9 Å². The van der Waals surface area contributed by atoms with Crippen LogP contribution in [0.3, 0.4) is 0 Å². The van der Waals surface area contributed by atoms with Gasteiger partial charge in [0.1, 0.15) is 5.69 Å². The molecule has 0 spiro atoms. The average Bonchev–Trinajstić information content (AvgIpc) is 2.54. The highest BCUT2D eigenvalue weighted by Crippen LogP contribution is 2.08. The molecule has 6 nitrogen and oxygen atoms in total. The third-order valence-corrected chi connectivity index (χ3v) is 3.16. The first-order valence-corrected chi connectivity index (χ1v) is 6.71. The van der Waals surface area contributed by atoms with E-state index in [2.05, 4.69) is 20.0 Å². The molecule has 0 saturated carbocycles. The van der Waals surface area contributed by atoms with E-state index in [-0.39, 0.29) is 5.84 Å². The number of hydrogen-bond acceptors (Lipinski definition) is 5. The van der Waals surface area contributed by atoms with Crippen LogP contribution in [-0.4, -0.2) is 39.5 Å². The highest BCUT2D eigenvalue weighted by atomic mass is 16.4. The Morgan fingerprint density at radius 3 is 2.76 bits per heavy atom. The standard InChI is InChI=1S/C15H19N5O/c1-20(10-7-13-6-2-3-8-17-13)11-12-5-4-9-18-14(12)15(16)19-21/h2-6,8-9,21H,7,10-11H2,1H3,(H2,16,19). The van der Waals surface area contributed by atoms with E-state index in [1.165, 1.54) is 0 Å². The third kappa shape index (κ3) is 4.25. The highest BCUT2D eigenvalue weighted by Gasteiger charge is 2.10. The van der Waals surface area contributed by atoms with Crippen LogP contribution in [0.25, 0.3) is 0 Å². The van der Waals surface area contributed by atoms with Crippen LogP contribution in [0.5, 0.6) is 0 Å². The number of rotatable bonds is 6. The number of likely N-dealkylation sites (N-methyl/N-ethyl adjacent to an activating group) is 1. The van der Waals surface area contributed by atoms with E-state index in [1.807, 2.05) is 37.4 Å². The Morgan fingerprint density at radius 1 is 1.24 bits per heavy atom. The summed E-state index contributed by atoms with van der Waals surface area (Å²) in [5.41, 5.74) is 8.15. The molecule has 0 atom stereocenters. The minimum Gasteiger partial charge on any atom is -0.409 e. The van der Waals surface area contributed by atoms with Crippen molar-refractivity contribution in [3.63, 3.8) is 0 Å². The van der Waals surface area contributed by atoms with Gasteiger partial charge in [-0.1, -0.05) is 17.3 Å². The van der Waals surface area contributed by atoms with Crippen LogP contribution in [0.1, 0.15) is 17.0 Å². The first-order chi connectivity index (χ1) is 10.2. The average molecular weight is 285 g/mol. The van der Waals surface area contributed by atoms with Crippen LogP contribution in [0.15, 0.2) is 47.9 Å². The maximum atomic E-state index is 8.80. The Hall–Kier alpha value is -2.47. The lowest BCUT2D eigenvalue weighted by atomic mass is 10.1. The van der Waals surface area contributed by atoms with Gasteiger partial charge in [-0.2, -0.15) is 0 Å². The Morgan fingerprint density at radius 2 is 2.05 bits per heavy atom. The van der Waals surface area contributed by atoms with Gasteiger partial charge in [0, 0.05) is 37.6 Å². The second-order valence-corrected chi connectivity index (χ2v) is 4.81. The lowest BCUT2D eigenvalue weighted by Crippen LogP contribution is -2.24. The first kappa shape index (κ1) is 14.9. The number of amidine groups is 1. The van der Waals surface area contributed by atoms with Gasteiger partial charge in [0.25, 0.3) is 0 Å². The fraction of sp³-hybridized carbons (Fsp3) is 0.267. The number of oxime groups is 1. The summed E-state index contributed by atoms with van der Waals surface area (Å²) in [4.78, 5) is 10.6. The molecule has 0 aliphatic rings. The van der Waals surface area contributed by atoms with E-state index < -0.39 is 0 Å². The van der Waals surface area contributed by atoms with Gasteiger partial charge in [-0.15, -0.1) is 0 Å². The van der Waals surface area contributed by atoms with Crippen molar-refractivity contribution < 1.29 is 5.21 Å². The normalized spacial score (nSPS) is 11.8. The predicted octanol–water partition coefficient (Wildman–Crippen LogP) is 1.25. The number of aromatic nitrogens is 2. The van der Waals surface area contributed by atoms with Crippen molar-refractivity contribution >= 4 is 5.84 Å². The maximum Gasteiger partial charge on any atom is 0.189 e. The molecule has 0 aromatic carbocycles. The molecule has 0 aliphatic heterocycles. The van der Waals surface area contributed by atoms with E-state index in [9.17, 15) is 0 Å². The molecule has 2 aromatic rings. The van der Waals surface area contributed by atoms with Crippen molar-refractivity contribution in [2.75, 3.05) is 13.6 Å². The summed E-state index contributed by atoms with van der Waals surface area (Å²) in [6.07, 6.45) is 4.30. The zero-order valence-electron chi connectivity index (χ0n) is 12.0. The summed E-state index contributed by atoms with van der Waals surface area (Å²) in [5, 5.41) is 11.8. The largest absolute Gasteiger partial charge is 0.409 e. The minimum absolute atomic E-state index is 0.0312. The summed E-state index contributed by atoms with van der Waals surface area (Å²) in [6, 6.07) is 9.68. The Bertz CT molecular complexity index is 600.